The summed E-state index contributed by atoms with van der Waals surface area (Å²) in [6.07, 6.45) is 3.67. The van der Waals surface area contributed by atoms with E-state index in [0.29, 0.717) is 6.54 Å². The smallest absolute Gasteiger partial charge is 0.225 e. The Morgan fingerprint density at radius 1 is 0.864 bits per heavy atom. The third kappa shape index (κ3) is 7.49. The van der Waals surface area contributed by atoms with Gasteiger partial charge < -0.3 is 24.8 Å². The van der Waals surface area contributed by atoms with Crippen molar-refractivity contribution in [1.82, 2.24) is 20.2 Å². The van der Waals surface area contributed by atoms with Gasteiger partial charge >= 0.3 is 0 Å². The molecule has 9 nitrogen and oxygen atoms in total. The molecular formula is C35H39N5O4. The Labute approximate surface area is 258 Å². The zero-order chi connectivity index (χ0) is 30.3. The molecule has 0 unspecified atom stereocenters. The van der Waals surface area contributed by atoms with Gasteiger partial charge in [-0.05, 0) is 39.9 Å². The van der Waals surface area contributed by atoms with Crippen LogP contribution >= 0.6 is 0 Å². The number of aromatic nitrogens is 2. The summed E-state index contributed by atoms with van der Waals surface area (Å²) in [5.74, 6) is 0.737. The van der Waals surface area contributed by atoms with Gasteiger partial charge in [0.25, 0.3) is 0 Å². The van der Waals surface area contributed by atoms with E-state index in [9.17, 15) is 9.90 Å². The quantitative estimate of drug-likeness (QED) is 0.290. The number of carbonyl (C=O) groups is 1. The van der Waals surface area contributed by atoms with Crippen LogP contribution in [-0.4, -0.2) is 64.7 Å². The summed E-state index contributed by atoms with van der Waals surface area (Å²) in [6, 6.07) is 26.4. The molecule has 6 rings (SSSR count). The van der Waals surface area contributed by atoms with Gasteiger partial charge in [0, 0.05) is 70.6 Å². The molecule has 1 aromatic heterocycles. The van der Waals surface area contributed by atoms with E-state index in [0.717, 1.165) is 78.5 Å². The fraction of sp³-hybridized carbons (Fsp3) is 0.343. The lowest BCUT2D eigenvalue weighted by molar-refractivity contribution is -0.253. The molecule has 0 aliphatic carbocycles. The highest BCUT2D eigenvalue weighted by atomic mass is 16.7. The molecule has 0 bridgehead atoms. The third-order valence-corrected chi connectivity index (χ3v) is 8.27. The Morgan fingerprint density at radius 2 is 1.59 bits per heavy atom. The summed E-state index contributed by atoms with van der Waals surface area (Å²) in [4.78, 5) is 24.9. The van der Waals surface area contributed by atoms with Crippen LogP contribution in [0.3, 0.4) is 0 Å². The molecule has 0 radical (unpaired) electrons. The van der Waals surface area contributed by atoms with Gasteiger partial charge in [-0.1, -0.05) is 66.7 Å². The molecular weight excluding hydrogens is 554 g/mol. The summed E-state index contributed by atoms with van der Waals surface area (Å²) < 4.78 is 13.2. The van der Waals surface area contributed by atoms with Crippen LogP contribution < -0.4 is 10.2 Å². The predicted molar refractivity (Wildman–Crippen MR) is 169 cm³/mol. The van der Waals surface area contributed by atoms with Gasteiger partial charge in [-0.3, -0.25) is 9.69 Å². The van der Waals surface area contributed by atoms with Gasteiger partial charge in [-0.25, -0.2) is 9.97 Å². The van der Waals surface area contributed by atoms with E-state index < -0.39 is 6.29 Å². The molecule has 2 aliphatic heterocycles. The van der Waals surface area contributed by atoms with Crippen LogP contribution in [0.25, 0.3) is 11.1 Å². The molecule has 3 atom stereocenters. The van der Waals surface area contributed by atoms with E-state index >= 15 is 0 Å². The predicted octanol–water partition coefficient (Wildman–Crippen LogP) is 4.64. The second-order valence-corrected chi connectivity index (χ2v) is 11.4. The number of amides is 1. The second-order valence-electron chi connectivity index (χ2n) is 11.4. The number of ether oxygens (including phenoxy) is 2. The molecule has 1 amide bonds. The summed E-state index contributed by atoms with van der Waals surface area (Å²) in [6.45, 7) is 6.42. The largest absolute Gasteiger partial charge is 0.392 e. The van der Waals surface area contributed by atoms with Crippen molar-refractivity contribution in [3.05, 3.63) is 114 Å². The fourth-order valence-electron chi connectivity index (χ4n) is 5.83. The first-order valence-electron chi connectivity index (χ1n) is 15.2. The van der Waals surface area contributed by atoms with Crippen molar-refractivity contribution in [2.75, 3.05) is 37.6 Å². The zero-order valence-electron chi connectivity index (χ0n) is 25.0. The van der Waals surface area contributed by atoms with Crippen LogP contribution in [0, 0.1) is 0 Å². The minimum absolute atomic E-state index is 0.0130. The second kappa shape index (κ2) is 14.1. The lowest BCUT2D eigenvalue weighted by Gasteiger charge is -2.40. The number of rotatable bonds is 9. The lowest BCUT2D eigenvalue weighted by Crippen LogP contribution is -2.50. The highest BCUT2D eigenvalue weighted by Crippen LogP contribution is 2.38. The van der Waals surface area contributed by atoms with Crippen LogP contribution in [0.4, 0.5) is 5.95 Å². The summed E-state index contributed by atoms with van der Waals surface area (Å²) in [5, 5.41) is 12.4. The summed E-state index contributed by atoms with van der Waals surface area (Å²) in [5.41, 5.74) is 6.16. The van der Waals surface area contributed by atoms with Crippen molar-refractivity contribution < 1.29 is 19.4 Å². The molecule has 228 valence electrons. The Balaban J connectivity index is 1.16. The number of hydrogen-bond donors (Lipinski definition) is 2. The van der Waals surface area contributed by atoms with Crippen molar-refractivity contribution in [2.24, 2.45) is 0 Å². The zero-order valence-corrected chi connectivity index (χ0v) is 25.0. The first-order valence-corrected chi connectivity index (χ1v) is 15.2. The lowest BCUT2D eigenvalue weighted by atomic mass is 9.98. The van der Waals surface area contributed by atoms with Crippen LogP contribution in [0.2, 0.25) is 0 Å². The monoisotopic (exact) mass is 593 g/mol. The van der Waals surface area contributed by atoms with Gasteiger partial charge in [0.05, 0.1) is 18.8 Å². The summed E-state index contributed by atoms with van der Waals surface area (Å²) >= 11 is 0. The van der Waals surface area contributed by atoms with E-state index in [1.54, 1.807) is 12.4 Å². The van der Waals surface area contributed by atoms with Crippen molar-refractivity contribution in [3.63, 3.8) is 0 Å². The van der Waals surface area contributed by atoms with Crippen LogP contribution in [-0.2, 0) is 27.4 Å². The Morgan fingerprint density at radius 3 is 2.30 bits per heavy atom. The van der Waals surface area contributed by atoms with E-state index in [1.807, 2.05) is 42.5 Å². The number of piperazine rings is 1. The van der Waals surface area contributed by atoms with Gasteiger partial charge in [0.1, 0.15) is 0 Å². The minimum Gasteiger partial charge on any atom is -0.392 e. The van der Waals surface area contributed by atoms with Crippen LogP contribution in [0.5, 0.6) is 0 Å². The number of aliphatic hydroxyl groups is 1. The molecule has 3 heterocycles. The standard InChI is InChI=1S/C35H39N5O4/c1-25(42)38-22-27-4-2-5-31(20-27)28-10-12-30(13-11-28)34-43-32(21-33(44-34)29-8-6-26(24-41)7-9-29)23-39-16-18-40(19-17-39)35-36-14-3-15-37-35/h2-15,20,32-34,41H,16-19,21-24H2,1H3,(H,38,42)/t32-,33+,34+/m1/s1. The maximum absolute atomic E-state index is 11.3. The molecule has 4 aromatic rings. The first kappa shape index (κ1) is 29.9. The first-order chi connectivity index (χ1) is 21.5. The number of hydrogen-bond acceptors (Lipinski definition) is 8. The average Bonchev–Trinajstić information content (AvgIpc) is 3.08. The third-order valence-electron chi connectivity index (χ3n) is 8.27. The van der Waals surface area contributed by atoms with E-state index in [1.165, 1.54) is 6.92 Å². The Bertz CT molecular complexity index is 1510. The number of aliphatic hydroxyl groups excluding tert-OH is 1. The number of anilines is 1. The molecule has 2 fully saturated rings. The van der Waals surface area contributed by atoms with Crippen molar-refractivity contribution in [1.29, 1.82) is 0 Å². The van der Waals surface area contributed by atoms with Gasteiger partial charge in [0.15, 0.2) is 6.29 Å². The topological polar surface area (TPSA) is 100 Å². The molecule has 44 heavy (non-hydrogen) atoms. The van der Waals surface area contributed by atoms with Crippen LogP contribution in [0.15, 0.2) is 91.3 Å². The Kier molecular flexibility index (Phi) is 9.58. The SMILES string of the molecule is CC(=O)NCc1cccc(-c2ccc([C@H]3O[C@@H](CN4CCN(c5ncccn5)CC4)C[C@@H](c4ccc(CO)cc4)O3)cc2)c1. The van der Waals surface area contributed by atoms with Crippen molar-refractivity contribution >= 4 is 11.9 Å². The minimum atomic E-state index is -0.504. The molecule has 0 spiro atoms. The maximum atomic E-state index is 11.3. The van der Waals surface area contributed by atoms with Gasteiger partial charge in [0.2, 0.25) is 11.9 Å². The van der Waals surface area contributed by atoms with E-state index in [-0.39, 0.29) is 24.7 Å². The molecule has 9 heteroatoms. The number of carbonyl (C=O) groups excluding carboxylic acids is 1. The molecule has 2 aliphatic rings. The van der Waals surface area contributed by atoms with E-state index in [2.05, 4.69) is 61.5 Å². The highest BCUT2D eigenvalue weighted by Gasteiger charge is 2.34. The van der Waals surface area contributed by atoms with Crippen molar-refractivity contribution in [3.8, 4) is 11.1 Å². The number of nitrogens with zero attached hydrogens (tertiary/aromatic N) is 4. The molecule has 2 N–H and O–H groups in total. The summed E-state index contributed by atoms with van der Waals surface area (Å²) in [7, 11) is 0. The number of nitrogens with one attached hydrogen (secondary N) is 1. The highest BCUT2D eigenvalue weighted by molar-refractivity contribution is 5.73. The van der Waals surface area contributed by atoms with Gasteiger partial charge in [-0.15, -0.1) is 0 Å². The Hall–Kier alpha value is -4.15. The van der Waals surface area contributed by atoms with Gasteiger partial charge in [-0.2, -0.15) is 0 Å². The average molecular weight is 594 g/mol. The normalized spacial score (nSPS) is 20.8. The molecule has 3 aromatic carbocycles. The fourth-order valence-corrected chi connectivity index (χ4v) is 5.83. The molecule has 2 saturated heterocycles. The van der Waals surface area contributed by atoms with Crippen molar-refractivity contribution in [2.45, 2.75) is 45.0 Å². The molecule has 0 saturated carbocycles. The van der Waals surface area contributed by atoms with E-state index in [4.69, 9.17) is 9.47 Å². The number of benzene rings is 3. The van der Waals surface area contributed by atoms with Crippen LogP contribution in [0.1, 0.15) is 48.0 Å². The maximum Gasteiger partial charge on any atom is 0.225 e.